The normalized spacial score (nSPS) is 18.1. The fraction of sp³-hybridized carbons (Fsp3) is 0.733. The molecule has 1 atom stereocenters. The van der Waals surface area contributed by atoms with Crippen LogP contribution in [-0.4, -0.2) is 47.8 Å². The molecular weight excluding hydrogens is 488 g/mol. The third-order valence-corrected chi connectivity index (χ3v) is 6.98. The Morgan fingerprint density at radius 2 is 1.34 bits per heavy atom. The van der Waals surface area contributed by atoms with Gasteiger partial charge in [0.1, 0.15) is 18.8 Å². The number of carbonyl (C=O) groups excluding carboxylic acids is 3. The van der Waals surface area contributed by atoms with E-state index in [0.29, 0.717) is 31.6 Å². The summed E-state index contributed by atoms with van der Waals surface area (Å²) in [6.07, 6.45) is 16.5. The van der Waals surface area contributed by atoms with Gasteiger partial charge < -0.3 is 19.3 Å². The monoisotopic (exact) mass is 536 g/mol. The van der Waals surface area contributed by atoms with Crippen molar-refractivity contribution in [2.75, 3.05) is 6.61 Å². The number of hydrogen-bond donors (Lipinski definition) is 1. The maximum atomic E-state index is 12.0. The number of aliphatic carboxylic acids is 1. The fourth-order valence-electron chi connectivity index (χ4n) is 4.77. The van der Waals surface area contributed by atoms with Gasteiger partial charge in [0.05, 0.1) is 0 Å². The highest BCUT2D eigenvalue weighted by Crippen LogP contribution is 2.33. The molecule has 1 N–H and O–H groups in total. The molecule has 0 bridgehead atoms. The standard InChI is InChI=1S/C16H24O4.C14H24O4/c17-15(19-13-7-3-1-4-8-13)11-12-16(18)20-14-9-5-2-6-10-14;1-5-8-14(12(15)16,9-7-11(3)4)13(17)18-10-6-2/h11-14H,1-10H2;6,11H,2,5,7-10H2,1,3-4H3,(H,15,16)/b12-11-;. The molecule has 0 aromatic rings. The van der Waals surface area contributed by atoms with Crippen molar-refractivity contribution in [2.45, 2.75) is 123 Å². The van der Waals surface area contributed by atoms with Gasteiger partial charge in [-0.1, -0.05) is 52.7 Å². The number of ether oxygens (including phenoxy) is 3. The number of hydrogen-bond acceptors (Lipinski definition) is 7. The maximum absolute atomic E-state index is 12.0. The molecule has 0 saturated heterocycles. The minimum Gasteiger partial charge on any atom is -0.480 e. The summed E-state index contributed by atoms with van der Waals surface area (Å²) in [5, 5.41) is 9.41. The van der Waals surface area contributed by atoms with E-state index < -0.39 is 29.3 Å². The predicted octanol–water partition coefficient (Wildman–Crippen LogP) is 6.32. The van der Waals surface area contributed by atoms with Crippen LogP contribution in [0.4, 0.5) is 0 Å². The molecular formula is C30H48O8. The van der Waals surface area contributed by atoms with Gasteiger partial charge in [-0.05, 0) is 76.5 Å². The summed E-state index contributed by atoms with van der Waals surface area (Å²) in [6.45, 7) is 9.39. The van der Waals surface area contributed by atoms with E-state index in [9.17, 15) is 24.3 Å². The van der Waals surface area contributed by atoms with Crippen molar-refractivity contribution in [3.05, 3.63) is 24.8 Å². The van der Waals surface area contributed by atoms with Gasteiger partial charge >= 0.3 is 23.9 Å². The molecule has 1 unspecified atom stereocenters. The number of esters is 3. The largest absolute Gasteiger partial charge is 0.480 e. The lowest BCUT2D eigenvalue weighted by Crippen LogP contribution is -2.41. The number of carbonyl (C=O) groups is 4. The molecule has 0 aromatic heterocycles. The summed E-state index contributed by atoms with van der Waals surface area (Å²) in [6, 6.07) is 0. The van der Waals surface area contributed by atoms with Gasteiger partial charge in [0, 0.05) is 12.2 Å². The second-order valence-electron chi connectivity index (χ2n) is 10.7. The molecule has 0 radical (unpaired) electrons. The first-order chi connectivity index (χ1) is 18.1. The van der Waals surface area contributed by atoms with E-state index in [-0.39, 0.29) is 18.8 Å². The lowest BCUT2D eigenvalue weighted by atomic mass is 9.77. The highest BCUT2D eigenvalue weighted by molar-refractivity contribution is 5.99. The Hall–Kier alpha value is -2.64. The third-order valence-electron chi connectivity index (χ3n) is 6.98. The van der Waals surface area contributed by atoms with E-state index in [1.165, 1.54) is 31.1 Å². The highest BCUT2D eigenvalue weighted by Gasteiger charge is 2.46. The summed E-state index contributed by atoms with van der Waals surface area (Å²) in [5.74, 6) is -2.24. The summed E-state index contributed by atoms with van der Waals surface area (Å²) in [5.41, 5.74) is -1.40. The molecule has 0 aliphatic heterocycles. The van der Waals surface area contributed by atoms with E-state index in [0.717, 1.165) is 51.4 Å². The summed E-state index contributed by atoms with van der Waals surface area (Å²) in [4.78, 5) is 46.7. The summed E-state index contributed by atoms with van der Waals surface area (Å²) >= 11 is 0. The van der Waals surface area contributed by atoms with E-state index in [4.69, 9.17) is 14.2 Å². The van der Waals surface area contributed by atoms with Crippen LogP contribution in [0.15, 0.2) is 24.8 Å². The quantitative estimate of drug-likeness (QED) is 0.0956. The van der Waals surface area contributed by atoms with Gasteiger partial charge in [0.25, 0.3) is 0 Å². The van der Waals surface area contributed by atoms with Crippen LogP contribution in [-0.2, 0) is 33.4 Å². The number of carboxylic acid groups (broad SMARTS) is 1. The van der Waals surface area contributed by atoms with Gasteiger partial charge in [-0.2, -0.15) is 0 Å². The zero-order chi connectivity index (χ0) is 28.4. The Morgan fingerprint density at radius 1 is 0.868 bits per heavy atom. The molecule has 38 heavy (non-hydrogen) atoms. The predicted molar refractivity (Wildman–Crippen MR) is 145 cm³/mol. The van der Waals surface area contributed by atoms with Crippen LogP contribution in [0.5, 0.6) is 0 Å². The van der Waals surface area contributed by atoms with Crippen LogP contribution >= 0.6 is 0 Å². The van der Waals surface area contributed by atoms with Crippen molar-refractivity contribution in [1.82, 2.24) is 0 Å². The van der Waals surface area contributed by atoms with Crippen molar-refractivity contribution in [3.8, 4) is 0 Å². The van der Waals surface area contributed by atoms with Crippen molar-refractivity contribution in [2.24, 2.45) is 11.3 Å². The first-order valence-electron chi connectivity index (χ1n) is 14.2. The lowest BCUT2D eigenvalue weighted by molar-refractivity contribution is -0.169. The molecule has 2 rings (SSSR count). The maximum Gasteiger partial charge on any atom is 0.331 e. The Kier molecular flexibility index (Phi) is 16.3. The second-order valence-corrected chi connectivity index (χ2v) is 10.7. The first kappa shape index (κ1) is 33.4. The Bertz CT molecular complexity index is 741. The average Bonchev–Trinajstić information content (AvgIpc) is 2.90. The Morgan fingerprint density at radius 3 is 1.71 bits per heavy atom. The molecule has 8 heteroatoms. The Balaban J connectivity index is 0.000000383. The smallest absolute Gasteiger partial charge is 0.331 e. The van der Waals surface area contributed by atoms with Crippen LogP contribution in [0.25, 0.3) is 0 Å². The number of rotatable bonds is 13. The van der Waals surface area contributed by atoms with Gasteiger partial charge in [0.2, 0.25) is 0 Å². The van der Waals surface area contributed by atoms with Gasteiger partial charge in [0.15, 0.2) is 5.41 Å². The molecule has 8 nitrogen and oxygen atoms in total. The molecule has 0 spiro atoms. The lowest BCUT2D eigenvalue weighted by Gasteiger charge is -2.27. The molecule has 2 saturated carbocycles. The Labute approximate surface area is 228 Å². The minimum absolute atomic E-state index is 0.0234. The van der Waals surface area contributed by atoms with E-state index in [1.807, 2.05) is 20.8 Å². The molecule has 2 aliphatic carbocycles. The number of carboxylic acids is 1. The second kappa shape index (κ2) is 18.6. The van der Waals surface area contributed by atoms with Crippen LogP contribution in [0.2, 0.25) is 0 Å². The molecule has 2 fully saturated rings. The van der Waals surface area contributed by atoms with Crippen molar-refractivity contribution in [3.63, 3.8) is 0 Å². The zero-order valence-corrected chi connectivity index (χ0v) is 23.6. The zero-order valence-electron chi connectivity index (χ0n) is 23.6. The topological polar surface area (TPSA) is 116 Å². The van der Waals surface area contributed by atoms with Crippen LogP contribution in [0.3, 0.4) is 0 Å². The minimum atomic E-state index is -1.40. The molecule has 216 valence electrons. The summed E-state index contributed by atoms with van der Waals surface area (Å²) in [7, 11) is 0. The van der Waals surface area contributed by atoms with E-state index in [2.05, 4.69) is 6.58 Å². The molecule has 0 aromatic carbocycles. The SMILES string of the molecule is C=CCOC(=O)C(CCC)(CCC(C)C)C(=O)O.O=C(/C=C\C(=O)OC1CCCCC1)OC1CCCCC1. The van der Waals surface area contributed by atoms with Crippen molar-refractivity contribution < 1.29 is 38.5 Å². The van der Waals surface area contributed by atoms with Crippen molar-refractivity contribution >= 4 is 23.9 Å². The molecule has 2 aliphatic rings. The third kappa shape index (κ3) is 12.7. The van der Waals surface area contributed by atoms with Crippen LogP contribution in [0.1, 0.15) is 111 Å². The highest BCUT2D eigenvalue weighted by atomic mass is 16.6. The average molecular weight is 537 g/mol. The fourth-order valence-corrected chi connectivity index (χ4v) is 4.77. The van der Waals surface area contributed by atoms with E-state index >= 15 is 0 Å². The molecule has 0 heterocycles. The molecule has 0 amide bonds. The van der Waals surface area contributed by atoms with Crippen LogP contribution in [0, 0.1) is 11.3 Å². The van der Waals surface area contributed by atoms with Crippen molar-refractivity contribution in [1.29, 1.82) is 0 Å². The first-order valence-corrected chi connectivity index (χ1v) is 14.2. The van der Waals surface area contributed by atoms with Gasteiger partial charge in [-0.25, -0.2) is 9.59 Å². The van der Waals surface area contributed by atoms with Crippen LogP contribution < -0.4 is 0 Å². The van der Waals surface area contributed by atoms with Gasteiger partial charge in [-0.3, -0.25) is 9.59 Å². The summed E-state index contributed by atoms with van der Waals surface area (Å²) < 4.78 is 15.6. The van der Waals surface area contributed by atoms with E-state index in [1.54, 1.807) is 0 Å². The van der Waals surface area contributed by atoms with Gasteiger partial charge in [-0.15, -0.1) is 0 Å².